The maximum Gasteiger partial charge on any atom is 0.132 e. The van der Waals surface area contributed by atoms with E-state index in [0.29, 0.717) is 45.0 Å². The second kappa shape index (κ2) is 10.4. The topological polar surface area (TPSA) is 154 Å². The fraction of sp³-hybridized carbons (Fsp3) is 0.0833. The Balaban J connectivity index is 1.81. The smallest absolute Gasteiger partial charge is 0.132 e. The molecule has 0 saturated carbocycles. The number of nitrogens with zero attached hydrogens (tertiary/aromatic N) is 4. The van der Waals surface area contributed by atoms with Crippen molar-refractivity contribution in [2.45, 2.75) is 0 Å². The van der Waals surface area contributed by atoms with Crippen LogP contribution in [0.3, 0.4) is 0 Å². The van der Waals surface area contributed by atoms with Gasteiger partial charge in [-0.1, -0.05) is 17.7 Å². The Kier molecular flexibility index (Phi) is 7.42. The average Bonchev–Trinajstić information content (AvgIpc) is 2.83. The van der Waals surface area contributed by atoms with Crippen molar-refractivity contribution in [3.8, 4) is 0 Å². The number of rotatable bonds is 6. The molecule has 3 aromatic rings. The average molecular weight is 461 g/mol. The van der Waals surface area contributed by atoms with Crippen molar-refractivity contribution >= 4 is 46.3 Å². The summed E-state index contributed by atoms with van der Waals surface area (Å²) in [6.45, 7) is 0. The number of halogens is 1. The summed E-state index contributed by atoms with van der Waals surface area (Å²) in [4.78, 5) is 16.8. The molecule has 0 bridgehead atoms. The first-order chi connectivity index (χ1) is 15.8. The fourth-order valence-corrected chi connectivity index (χ4v) is 3.23. The van der Waals surface area contributed by atoms with Crippen molar-refractivity contribution in [3.63, 3.8) is 0 Å². The minimum Gasteiger partial charge on any atom is -0.384 e. The van der Waals surface area contributed by atoms with Gasteiger partial charge in [0, 0.05) is 36.3 Å². The van der Waals surface area contributed by atoms with E-state index in [1.165, 1.54) is 0 Å². The molecule has 0 unspecified atom stereocenters. The molecular formula is C24H25ClN8. The highest BCUT2D eigenvalue weighted by atomic mass is 35.5. The van der Waals surface area contributed by atoms with Gasteiger partial charge in [0.25, 0.3) is 0 Å². The van der Waals surface area contributed by atoms with Crippen LogP contribution < -0.4 is 22.9 Å². The van der Waals surface area contributed by atoms with Gasteiger partial charge < -0.3 is 22.9 Å². The lowest BCUT2D eigenvalue weighted by atomic mass is 10.1. The quantitative estimate of drug-likeness (QED) is 0.329. The molecule has 0 aliphatic heterocycles. The molecule has 0 aliphatic carbocycles. The third kappa shape index (κ3) is 5.75. The highest BCUT2D eigenvalue weighted by Crippen LogP contribution is 2.21. The molecule has 0 atom stereocenters. The van der Waals surface area contributed by atoms with Crippen LogP contribution in [0.25, 0.3) is 0 Å². The maximum absolute atomic E-state index is 6.46. The molecule has 0 radical (unpaired) electrons. The van der Waals surface area contributed by atoms with Gasteiger partial charge in [0.2, 0.25) is 0 Å². The van der Waals surface area contributed by atoms with E-state index < -0.39 is 0 Å². The van der Waals surface area contributed by atoms with Gasteiger partial charge in [0.15, 0.2) is 0 Å². The van der Waals surface area contributed by atoms with E-state index in [1.54, 1.807) is 44.4 Å². The summed E-state index contributed by atoms with van der Waals surface area (Å²) < 4.78 is 0. The maximum atomic E-state index is 6.46. The molecule has 0 aliphatic rings. The Hall–Kier alpha value is -4.17. The lowest BCUT2D eigenvalue weighted by Crippen LogP contribution is -2.16. The lowest BCUT2D eigenvalue weighted by molar-refractivity contribution is 1.38. The second-order valence-corrected chi connectivity index (χ2v) is 7.41. The lowest BCUT2D eigenvalue weighted by Gasteiger charge is -2.08. The number of nitrogens with two attached hydrogens (primary N) is 4. The number of aliphatic imine (C=N–C) groups is 4. The van der Waals surface area contributed by atoms with Crippen LogP contribution in [0, 0.1) is 0 Å². The summed E-state index contributed by atoms with van der Waals surface area (Å²) >= 11 is 6.46. The fourth-order valence-electron chi connectivity index (χ4n) is 2.96. The summed E-state index contributed by atoms with van der Waals surface area (Å²) in [6.07, 6.45) is 0. The Morgan fingerprint density at radius 1 is 0.576 bits per heavy atom. The van der Waals surface area contributed by atoms with E-state index in [2.05, 4.69) is 20.0 Å². The molecular weight excluding hydrogens is 436 g/mol. The predicted molar refractivity (Wildman–Crippen MR) is 138 cm³/mol. The molecule has 3 rings (SSSR count). The van der Waals surface area contributed by atoms with Gasteiger partial charge in [-0.2, -0.15) is 0 Å². The largest absolute Gasteiger partial charge is 0.384 e. The first-order valence-electron chi connectivity index (χ1n) is 9.96. The summed E-state index contributed by atoms with van der Waals surface area (Å²) in [5.41, 5.74) is 28.2. The predicted octanol–water partition coefficient (Wildman–Crippen LogP) is 3.08. The summed E-state index contributed by atoms with van der Waals surface area (Å²) in [5, 5.41) is 0.410. The Bertz CT molecular complexity index is 1260. The molecule has 0 fully saturated rings. The molecule has 0 amide bonds. The SMILES string of the molecule is CN=C(N)c1ccc(N=C(N)c2ccc(C(N)=Nc3ccc(C(N)=NC)cc3)c(Cl)c2)cc1. The summed E-state index contributed by atoms with van der Waals surface area (Å²) in [6, 6.07) is 19.8. The molecule has 9 heteroatoms. The van der Waals surface area contributed by atoms with E-state index in [1.807, 2.05) is 36.4 Å². The van der Waals surface area contributed by atoms with Crippen molar-refractivity contribution in [3.05, 3.63) is 94.0 Å². The molecule has 8 nitrogen and oxygen atoms in total. The minimum atomic E-state index is 0.276. The van der Waals surface area contributed by atoms with Crippen LogP contribution in [0.1, 0.15) is 22.3 Å². The van der Waals surface area contributed by atoms with Crippen molar-refractivity contribution < 1.29 is 0 Å². The number of hydrogen-bond donors (Lipinski definition) is 4. The van der Waals surface area contributed by atoms with Crippen molar-refractivity contribution in [1.82, 2.24) is 0 Å². The van der Waals surface area contributed by atoms with Crippen molar-refractivity contribution in [1.29, 1.82) is 0 Å². The van der Waals surface area contributed by atoms with Crippen LogP contribution >= 0.6 is 11.6 Å². The highest BCUT2D eigenvalue weighted by molar-refractivity contribution is 6.34. The molecule has 0 spiro atoms. The van der Waals surface area contributed by atoms with E-state index in [0.717, 1.165) is 11.1 Å². The molecule has 168 valence electrons. The summed E-state index contributed by atoms with van der Waals surface area (Å²) in [5.74, 6) is 1.49. The molecule has 0 aromatic heterocycles. The van der Waals surface area contributed by atoms with Gasteiger partial charge in [0.1, 0.15) is 23.3 Å². The van der Waals surface area contributed by atoms with Crippen LogP contribution in [-0.2, 0) is 0 Å². The zero-order valence-electron chi connectivity index (χ0n) is 18.3. The van der Waals surface area contributed by atoms with Gasteiger partial charge in [-0.05, 0) is 60.7 Å². The molecule has 0 saturated heterocycles. The Morgan fingerprint density at radius 2 is 1.00 bits per heavy atom. The molecule has 3 aromatic carbocycles. The van der Waals surface area contributed by atoms with Gasteiger partial charge in [-0.3, -0.25) is 9.98 Å². The normalized spacial score (nSPS) is 13.3. The first kappa shape index (κ1) is 23.5. The van der Waals surface area contributed by atoms with E-state index in [4.69, 9.17) is 34.5 Å². The Labute approximate surface area is 197 Å². The van der Waals surface area contributed by atoms with Gasteiger partial charge in [0.05, 0.1) is 16.4 Å². The Morgan fingerprint density at radius 3 is 1.42 bits per heavy atom. The third-order valence-electron chi connectivity index (χ3n) is 4.85. The first-order valence-corrected chi connectivity index (χ1v) is 10.3. The van der Waals surface area contributed by atoms with Crippen molar-refractivity contribution in [2.24, 2.45) is 42.9 Å². The van der Waals surface area contributed by atoms with Crippen molar-refractivity contribution in [2.75, 3.05) is 14.1 Å². The minimum absolute atomic E-state index is 0.276. The van der Waals surface area contributed by atoms with Crippen LogP contribution in [0.2, 0.25) is 5.02 Å². The number of benzene rings is 3. The van der Waals surface area contributed by atoms with Crippen LogP contribution in [0.5, 0.6) is 0 Å². The second-order valence-electron chi connectivity index (χ2n) is 7.00. The summed E-state index contributed by atoms with van der Waals surface area (Å²) in [7, 11) is 3.27. The van der Waals surface area contributed by atoms with E-state index in [9.17, 15) is 0 Å². The van der Waals surface area contributed by atoms with Gasteiger partial charge in [-0.25, -0.2) is 9.98 Å². The van der Waals surface area contributed by atoms with Crippen LogP contribution in [0.4, 0.5) is 11.4 Å². The van der Waals surface area contributed by atoms with E-state index in [-0.39, 0.29) is 5.84 Å². The van der Waals surface area contributed by atoms with Crippen LogP contribution in [-0.4, -0.2) is 37.4 Å². The molecule has 0 heterocycles. The van der Waals surface area contributed by atoms with Gasteiger partial charge in [-0.15, -0.1) is 0 Å². The zero-order chi connectivity index (χ0) is 24.0. The number of hydrogen-bond acceptors (Lipinski definition) is 4. The third-order valence-corrected chi connectivity index (χ3v) is 5.16. The number of amidine groups is 4. The van der Waals surface area contributed by atoms with Gasteiger partial charge >= 0.3 is 0 Å². The highest BCUT2D eigenvalue weighted by Gasteiger charge is 2.09. The molecule has 33 heavy (non-hydrogen) atoms. The molecule has 8 N–H and O–H groups in total. The standard InChI is InChI=1S/C24H25ClN8/c1-30-21(26)14-3-8-17(9-4-14)32-23(28)16-7-12-19(20(25)13-16)24(29)33-18-10-5-15(6-11-18)22(27)31-2/h3-13H,1-2H3,(H2,26,30)(H2,27,31)(H2,28,32)(H2,29,33). The van der Waals surface area contributed by atoms with Crippen LogP contribution in [0.15, 0.2) is 86.7 Å². The zero-order valence-corrected chi connectivity index (χ0v) is 19.1. The monoisotopic (exact) mass is 460 g/mol. The van der Waals surface area contributed by atoms with E-state index >= 15 is 0 Å².